The molecule has 1 amide bonds. The van der Waals surface area contributed by atoms with Gasteiger partial charge < -0.3 is 15.2 Å². The summed E-state index contributed by atoms with van der Waals surface area (Å²) in [4.78, 5) is 12.0. The van der Waals surface area contributed by atoms with Gasteiger partial charge in [-0.2, -0.15) is 0 Å². The normalized spacial score (nSPS) is 27.1. The molecular formula is C14H19NO3. The number of aromatic hydroxyl groups is 1. The second kappa shape index (κ2) is 4.98. The predicted octanol–water partition coefficient (Wildman–Crippen LogP) is 1.62. The van der Waals surface area contributed by atoms with Gasteiger partial charge in [0.15, 0.2) is 0 Å². The SMILES string of the molecule is CC1OCCC1(C)NC(=O)Cc1cccc(O)c1. The van der Waals surface area contributed by atoms with Crippen LogP contribution in [0.5, 0.6) is 5.75 Å². The molecule has 0 saturated carbocycles. The number of carbonyl (C=O) groups excluding carboxylic acids is 1. The molecule has 0 aromatic heterocycles. The summed E-state index contributed by atoms with van der Waals surface area (Å²) >= 11 is 0. The van der Waals surface area contributed by atoms with Crippen molar-refractivity contribution in [2.75, 3.05) is 6.61 Å². The van der Waals surface area contributed by atoms with Crippen LogP contribution < -0.4 is 5.32 Å². The molecule has 0 spiro atoms. The summed E-state index contributed by atoms with van der Waals surface area (Å²) in [7, 11) is 0. The number of amides is 1. The quantitative estimate of drug-likeness (QED) is 0.855. The zero-order valence-electron chi connectivity index (χ0n) is 10.8. The first-order valence-corrected chi connectivity index (χ1v) is 6.20. The van der Waals surface area contributed by atoms with E-state index in [2.05, 4.69) is 5.32 Å². The van der Waals surface area contributed by atoms with Crippen LogP contribution in [0.4, 0.5) is 0 Å². The molecule has 0 bridgehead atoms. The Kier molecular flexibility index (Phi) is 3.57. The third-order valence-corrected chi connectivity index (χ3v) is 3.59. The van der Waals surface area contributed by atoms with Crippen molar-refractivity contribution in [3.63, 3.8) is 0 Å². The van der Waals surface area contributed by atoms with Gasteiger partial charge in [-0.1, -0.05) is 12.1 Å². The van der Waals surface area contributed by atoms with Gasteiger partial charge in [-0.3, -0.25) is 4.79 Å². The highest BCUT2D eigenvalue weighted by Crippen LogP contribution is 2.25. The minimum Gasteiger partial charge on any atom is -0.508 e. The average Bonchev–Trinajstić information content (AvgIpc) is 2.58. The van der Waals surface area contributed by atoms with Gasteiger partial charge >= 0.3 is 0 Å². The third kappa shape index (κ3) is 2.82. The van der Waals surface area contributed by atoms with Crippen LogP contribution in [0, 0.1) is 0 Å². The van der Waals surface area contributed by atoms with Gasteiger partial charge in [0.25, 0.3) is 0 Å². The minimum absolute atomic E-state index is 0.0330. The van der Waals surface area contributed by atoms with Crippen LogP contribution in [0.15, 0.2) is 24.3 Å². The third-order valence-electron chi connectivity index (χ3n) is 3.59. The molecule has 2 rings (SSSR count). The highest BCUT2D eigenvalue weighted by Gasteiger charge is 2.38. The first kappa shape index (κ1) is 12.9. The number of ether oxygens (including phenoxy) is 1. The van der Waals surface area contributed by atoms with Gasteiger partial charge in [0.1, 0.15) is 5.75 Å². The number of phenolic OH excluding ortho intramolecular Hbond substituents is 1. The molecule has 4 nitrogen and oxygen atoms in total. The Labute approximate surface area is 107 Å². The van der Waals surface area contributed by atoms with Gasteiger partial charge in [-0.15, -0.1) is 0 Å². The summed E-state index contributed by atoms with van der Waals surface area (Å²) in [5.74, 6) is 0.143. The molecule has 2 N–H and O–H groups in total. The van der Waals surface area contributed by atoms with Crippen LogP contribution in [0.3, 0.4) is 0 Å². The van der Waals surface area contributed by atoms with E-state index in [-0.39, 0.29) is 29.7 Å². The lowest BCUT2D eigenvalue weighted by molar-refractivity contribution is -0.122. The molecule has 1 aliphatic heterocycles. The molecule has 1 aromatic carbocycles. The largest absolute Gasteiger partial charge is 0.508 e. The van der Waals surface area contributed by atoms with E-state index in [9.17, 15) is 9.90 Å². The zero-order chi connectivity index (χ0) is 13.2. The van der Waals surface area contributed by atoms with Crippen LogP contribution in [0.2, 0.25) is 0 Å². The molecule has 1 fully saturated rings. The van der Waals surface area contributed by atoms with Crippen LogP contribution in [-0.4, -0.2) is 29.3 Å². The van der Waals surface area contributed by atoms with E-state index >= 15 is 0 Å². The monoisotopic (exact) mass is 249 g/mol. The van der Waals surface area contributed by atoms with E-state index in [0.29, 0.717) is 6.61 Å². The minimum atomic E-state index is -0.284. The maximum absolute atomic E-state index is 12.0. The average molecular weight is 249 g/mol. The van der Waals surface area contributed by atoms with Crippen molar-refractivity contribution < 1.29 is 14.6 Å². The molecule has 18 heavy (non-hydrogen) atoms. The van der Waals surface area contributed by atoms with Gasteiger partial charge in [0.05, 0.1) is 18.1 Å². The molecule has 0 aliphatic carbocycles. The van der Waals surface area contributed by atoms with Crippen LogP contribution in [0.1, 0.15) is 25.8 Å². The van der Waals surface area contributed by atoms with E-state index in [4.69, 9.17) is 4.74 Å². The first-order valence-electron chi connectivity index (χ1n) is 6.20. The summed E-state index contributed by atoms with van der Waals surface area (Å²) in [6, 6.07) is 6.77. The smallest absolute Gasteiger partial charge is 0.224 e. The Bertz CT molecular complexity index is 446. The highest BCUT2D eigenvalue weighted by molar-refractivity contribution is 5.79. The van der Waals surface area contributed by atoms with Gasteiger partial charge in [0, 0.05) is 6.61 Å². The first-order chi connectivity index (χ1) is 8.49. The lowest BCUT2D eigenvalue weighted by atomic mass is 9.94. The van der Waals surface area contributed by atoms with Crippen molar-refractivity contribution in [2.45, 2.75) is 38.3 Å². The van der Waals surface area contributed by atoms with Gasteiger partial charge in [-0.05, 0) is 38.0 Å². The number of phenols is 1. The fraction of sp³-hybridized carbons (Fsp3) is 0.500. The fourth-order valence-corrected chi connectivity index (χ4v) is 2.21. The summed E-state index contributed by atoms with van der Waals surface area (Å²) < 4.78 is 5.48. The number of benzene rings is 1. The van der Waals surface area contributed by atoms with Crippen molar-refractivity contribution in [1.82, 2.24) is 5.32 Å². The van der Waals surface area contributed by atoms with Crippen molar-refractivity contribution in [2.24, 2.45) is 0 Å². The number of rotatable bonds is 3. The molecule has 2 unspecified atom stereocenters. The number of hydrogen-bond donors (Lipinski definition) is 2. The zero-order valence-corrected chi connectivity index (χ0v) is 10.8. The second-order valence-corrected chi connectivity index (χ2v) is 5.08. The molecule has 2 atom stereocenters. The molecule has 4 heteroatoms. The lowest BCUT2D eigenvalue weighted by Crippen LogP contribution is -2.51. The van der Waals surface area contributed by atoms with Crippen molar-refractivity contribution in [3.8, 4) is 5.75 Å². The second-order valence-electron chi connectivity index (χ2n) is 5.08. The topological polar surface area (TPSA) is 58.6 Å². The van der Waals surface area contributed by atoms with Gasteiger partial charge in [-0.25, -0.2) is 0 Å². The standard InChI is InChI=1S/C14H19NO3/c1-10-14(2,6-7-18-10)15-13(17)9-11-4-3-5-12(16)8-11/h3-5,8,10,16H,6-7,9H2,1-2H3,(H,15,17). The van der Waals surface area contributed by atoms with Crippen LogP contribution in [-0.2, 0) is 16.0 Å². The predicted molar refractivity (Wildman–Crippen MR) is 68.4 cm³/mol. The molecular weight excluding hydrogens is 230 g/mol. The molecule has 98 valence electrons. The van der Waals surface area contributed by atoms with Crippen LogP contribution >= 0.6 is 0 Å². The maximum Gasteiger partial charge on any atom is 0.224 e. The summed E-state index contributed by atoms with van der Waals surface area (Å²) in [5.41, 5.74) is 0.524. The van der Waals surface area contributed by atoms with E-state index < -0.39 is 0 Å². The number of carbonyl (C=O) groups is 1. The number of hydrogen-bond acceptors (Lipinski definition) is 3. The molecule has 1 heterocycles. The van der Waals surface area contributed by atoms with E-state index in [1.807, 2.05) is 19.9 Å². The lowest BCUT2D eigenvalue weighted by Gasteiger charge is -2.28. The summed E-state index contributed by atoms with van der Waals surface area (Å²) in [6.45, 7) is 4.66. The molecule has 1 saturated heterocycles. The maximum atomic E-state index is 12.0. The summed E-state index contributed by atoms with van der Waals surface area (Å²) in [6.07, 6.45) is 1.14. The van der Waals surface area contributed by atoms with E-state index in [1.165, 1.54) is 0 Å². The highest BCUT2D eigenvalue weighted by atomic mass is 16.5. The van der Waals surface area contributed by atoms with E-state index in [1.54, 1.807) is 18.2 Å². The van der Waals surface area contributed by atoms with Crippen molar-refractivity contribution >= 4 is 5.91 Å². The molecule has 1 aliphatic rings. The van der Waals surface area contributed by atoms with Gasteiger partial charge in [0.2, 0.25) is 5.91 Å². The molecule has 0 radical (unpaired) electrons. The van der Waals surface area contributed by atoms with Crippen molar-refractivity contribution in [3.05, 3.63) is 29.8 Å². The Balaban J connectivity index is 1.97. The Morgan fingerprint density at radius 3 is 3.00 bits per heavy atom. The Morgan fingerprint density at radius 2 is 2.39 bits per heavy atom. The fourth-order valence-electron chi connectivity index (χ4n) is 2.21. The van der Waals surface area contributed by atoms with Crippen molar-refractivity contribution in [1.29, 1.82) is 0 Å². The summed E-state index contributed by atoms with van der Waals surface area (Å²) in [5, 5.41) is 12.4. The van der Waals surface area contributed by atoms with E-state index in [0.717, 1.165) is 12.0 Å². The molecule has 1 aromatic rings. The Hall–Kier alpha value is -1.55. The number of nitrogens with one attached hydrogen (secondary N) is 1. The Morgan fingerprint density at radius 1 is 1.61 bits per heavy atom. The van der Waals surface area contributed by atoms with Crippen LogP contribution in [0.25, 0.3) is 0 Å².